The molecule has 0 aliphatic rings. The third kappa shape index (κ3) is 3.73. The summed E-state index contributed by atoms with van der Waals surface area (Å²) in [4.78, 5) is 14.3. The number of carbonyl (C=O) groups is 1. The second-order valence-corrected chi connectivity index (χ2v) is 5.03. The first-order valence-electron chi connectivity index (χ1n) is 6.87. The van der Waals surface area contributed by atoms with Gasteiger partial charge in [-0.1, -0.05) is 17.7 Å². The quantitative estimate of drug-likeness (QED) is 0.844. The van der Waals surface area contributed by atoms with E-state index in [-0.39, 0.29) is 5.91 Å². The minimum absolute atomic E-state index is 0.0702. The fourth-order valence-corrected chi connectivity index (χ4v) is 2.25. The Morgan fingerprint density at radius 1 is 1.33 bits per heavy atom. The summed E-state index contributed by atoms with van der Waals surface area (Å²) in [7, 11) is 0. The number of hydrogen-bond donors (Lipinski definition) is 0. The van der Waals surface area contributed by atoms with Crippen LogP contribution in [0.3, 0.4) is 0 Å². The van der Waals surface area contributed by atoms with E-state index in [1.807, 2.05) is 38.1 Å². The second-order valence-electron chi connectivity index (χ2n) is 5.03. The number of rotatable bonds is 5. The second kappa shape index (κ2) is 6.76. The van der Waals surface area contributed by atoms with Crippen molar-refractivity contribution in [2.45, 2.75) is 26.8 Å². The molecule has 0 aliphatic heterocycles. The highest BCUT2D eigenvalue weighted by Crippen LogP contribution is 2.16. The number of nitrogens with zero attached hydrogens (tertiary/aromatic N) is 2. The van der Waals surface area contributed by atoms with Gasteiger partial charge in [0.1, 0.15) is 5.76 Å². The topological polar surface area (TPSA) is 57.2 Å². The molecule has 1 aromatic carbocycles. The van der Waals surface area contributed by atoms with Gasteiger partial charge in [0.25, 0.3) is 5.91 Å². The number of nitriles is 1. The molecule has 0 spiro atoms. The van der Waals surface area contributed by atoms with Crippen molar-refractivity contribution in [1.82, 2.24) is 4.90 Å². The zero-order valence-electron chi connectivity index (χ0n) is 12.3. The molecule has 4 heteroatoms. The van der Waals surface area contributed by atoms with Crippen LogP contribution in [0.1, 0.15) is 33.7 Å². The number of benzene rings is 1. The van der Waals surface area contributed by atoms with Crippen molar-refractivity contribution >= 4 is 5.91 Å². The van der Waals surface area contributed by atoms with E-state index in [1.54, 1.807) is 17.2 Å². The van der Waals surface area contributed by atoms with Crippen LogP contribution in [0.2, 0.25) is 0 Å². The number of amides is 1. The Hall–Kier alpha value is -2.54. The molecule has 0 bridgehead atoms. The first kappa shape index (κ1) is 14.9. The summed E-state index contributed by atoms with van der Waals surface area (Å²) in [6, 6.07) is 11.5. The predicted octanol–water partition coefficient (Wildman–Crippen LogP) is 3.45. The van der Waals surface area contributed by atoms with E-state index in [0.717, 1.165) is 11.1 Å². The molecule has 0 saturated heterocycles. The van der Waals surface area contributed by atoms with Gasteiger partial charge in [0.05, 0.1) is 25.3 Å². The molecule has 0 saturated carbocycles. The molecule has 0 unspecified atom stereocenters. The summed E-state index contributed by atoms with van der Waals surface area (Å²) in [5.74, 6) is 0.644. The van der Waals surface area contributed by atoms with Gasteiger partial charge in [-0.15, -0.1) is 0 Å². The number of furan rings is 1. The largest absolute Gasteiger partial charge is 0.467 e. The average molecular weight is 282 g/mol. The number of carbonyl (C=O) groups excluding carboxylic acids is 1. The maximum Gasteiger partial charge on any atom is 0.254 e. The number of hydrogen-bond acceptors (Lipinski definition) is 3. The lowest BCUT2D eigenvalue weighted by Gasteiger charge is -2.21. The molecule has 1 amide bonds. The van der Waals surface area contributed by atoms with Crippen molar-refractivity contribution in [2.75, 3.05) is 6.54 Å². The maximum atomic E-state index is 12.7. The van der Waals surface area contributed by atoms with Crippen molar-refractivity contribution in [3.8, 4) is 6.07 Å². The van der Waals surface area contributed by atoms with Gasteiger partial charge in [0, 0.05) is 12.1 Å². The van der Waals surface area contributed by atoms with Crippen molar-refractivity contribution in [3.63, 3.8) is 0 Å². The Labute approximate surface area is 124 Å². The van der Waals surface area contributed by atoms with E-state index in [1.165, 1.54) is 0 Å². The molecule has 0 N–H and O–H groups in total. The summed E-state index contributed by atoms with van der Waals surface area (Å²) >= 11 is 0. The molecular formula is C17H18N2O2. The van der Waals surface area contributed by atoms with Gasteiger partial charge in [-0.25, -0.2) is 0 Å². The van der Waals surface area contributed by atoms with Crippen LogP contribution < -0.4 is 0 Å². The number of aryl methyl sites for hydroxylation is 2. The van der Waals surface area contributed by atoms with E-state index in [9.17, 15) is 4.79 Å². The Morgan fingerprint density at radius 3 is 2.76 bits per heavy atom. The highest BCUT2D eigenvalue weighted by Gasteiger charge is 2.18. The highest BCUT2D eigenvalue weighted by molar-refractivity contribution is 5.95. The van der Waals surface area contributed by atoms with E-state index in [2.05, 4.69) is 6.07 Å². The third-order valence-electron chi connectivity index (χ3n) is 3.32. The molecule has 1 heterocycles. The normalized spacial score (nSPS) is 10.1. The van der Waals surface area contributed by atoms with Crippen LogP contribution >= 0.6 is 0 Å². The summed E-state index contributed by atoms with van der Waals surface area (Å²) in [5, 5.41) is 8.77. The molecule has 2 aromatic rings. The molecule has 4 nitrogen and oxygen atoms in total. The molecule has 108 valence electrons. The molecule has 21 heavy (non-hydrogen) atoms. The first-order chi connectivity index (χ1) is 10.1. The van der Waals surface area contributed by atoms with Gasteiger partial charge in [-0.3, -0.25) is 4.79 Å². The van der Waals surface area contributed by atoms with Gasteiger partial charge >= 0.3 is 0 Å². The van der Waals surface area contributed by atoms with E-state index in [0.29, 0.717) is 30.8 Å². The molecule has 0 radical (unpaired) electrons. The Morgan fingerprint density at radius 2 is 2.14 bits per heavy atom. The lowest BCUT2D eigenvalue weighted by atomic mass is 10.0. The third-order valence-corrected chi connectivity index (χ3v) is 3.32. The molecule has 0 fully saturated rings. The maximum absolute atomic E-state index is 12.7. The Kier molecular flexibility index (Phi) is 4.78. The monoisotopic (exact) mass is 282 g/mol. The van der Waals surface area contributed by atoms with Crippen molar-refractivity contribution in [2.24, 2.45) is 0 Å². The lowest BCUT2D eigenvalue weighted by molar-refractivity contribution is 0.0734. The summed E-state index contributed by atoms with van der Waals surface area (Å²) in [6.45, 7) is 4.69. The van der Waals surface area contributed by atoms with E-state index >= 15 is 0 Å². The van der Waals surface area contributed by atoms with Gasteiger partial charge in [-0.2, -0.15) is 5.26 Å². The van der Waals surface area contributed by atoms with Crippen LogP contribution in [0.25, 0.3) is 0 Å². The van der Waals surface area contributed by atoms with Crippen LogP contribution in [-0.2, 0) is 6.54 Å². The van der Waals surface area contributed by atoms with Crippen LogP contribution in [0, 0.1) is 25.2 Å². The Balaban J connectivity index is 2.22. The van der Waals surface area contributed by atoms with Gasteiger partial charge < -0.3 is 9.32 Å². The fourth-order valence-electron chi connectivity index (χ4n) is 2.25. The van der Waals surface area contributed by atoms with Crippen LogP contribution in [0.4, 0.5) is 0 Å². The van der Waals surface area contributed by atoms with E-state index < -0.39 is 0 Å². The zero-order chi connectivity index (χ0) is 15.2. The fraction of sp³-hybridized carbons (Fsp3) is 0.294. The van der Waals surface area contributed by atoms with Crippen molar-refractivity contribution in [3.05, 3.63) is 59.0 Å². The SMILES string of the molecule is Cc1ccc(C(=O)N(CCC#N)Cc2ccco2)c(C)c1. The first-order valence-corrected chi connectivity index (χ1v) is 6.87. The van der Waals surface area contributed by atoms with Crippen molar-refractivity contribution < 1.29 is 9.21 Å². The summed E-state index contributed by atoms with van der Waals surface area (Å²) in [6.07, 6.45) is 1.89. The minimum atomic E-state index is -0.0702. The Bertz CT molecular complexity index is 654. The molecule has 0 atom stereocenters. The summed E-state index contributed by atoms with van der Waals surface area (Å²) < 4.78 is 5.30. The molecular weight excluding hydrogens is 264 g/mol. The molecule has 1 aromatic heterocycles. The minimum Gasteiger partial charge on any atom is -0.467 e. The van der Waals surface area contributed by atoms with Gasteiger partial charge in [-0.05, 0) is 37.6 Å². The molecule has 2 rings (SSSR count). The molecule has 0 aliphatic carbocycles. The van der Waals surface area contributed by atoms with Crippen molar-refractivity contribution in [1.29, 1.82) is 5.26 Å². The highest BCUT2D eigenvalue weighted by atomic mass is 16.3. The van der Waals surface area contributed by atoms with Gasteiger partial charge in [0.15, 0.2) is 0 Å². The average Bonchev–Trinajstić information content (AvgIpc) is 2.95. The van der Waals surface area contributed by atoms with Crippen LogP contribution in [0.15, 0.2) is 41.0 Å². The smallest absolute Gasteiger partial charge is 0.254 e. The summed E-state index contributed by atoms with van der Waals surface area (Å²) in [5.41, 5.74) is 2.74. The lowest BCUT2D eigenvalue weighted by Crippen LogP contribution is -2.31. The van der Waals surface area contributed by atoms with Gasteiger partial charge in [0.2, 0.25) is 0 Å². The van der Waals surface area contributed by atoms with E-state index in [4.69, 9.17) is 9.68 Å². The van der Waals surface area contributed by atoms with Crippen LogP contribution in [-0.4, -0.2) is 17.4 Å². The standard InChI is InChI=1S/C17H18N2O2/c1-13-6-7-16(14(2)11-13)17(20)19(9-4-8-18)12-15-5-3-10-21-15/h3,5-7,10-11H,4,9,12H2,1-2H3. The van der Waals surface area contributed by atoms with Crippen LogP contribution in [0.5, 0.6) is 0 Å². The predicted molar refractivity (Wildman–Crippen MR) is 79.6 cm³/mol. The zero-order valence-corrected chi connectivity index (χ0v) is 12.3.